The summed E-state index contributed by atoms with van der Waals surface area (Å²) < 4.78 is 13.3. The van der Waals surface area contributed by atoms with E-state index < -0.39 is 5.60 Å². The van der Waals surface area contributed by atoms with Gasteiger partial charge in [0.15, 0.2) is 5.60 Å². The zero-order valence-electron chi connectivity index (χ0n) is 16.1. The van der Waals surface area contributed by atoms with Gasteiger partial charge in [-0.2, -0.15) is 0 Å². The van der Waals surface area contributed by atoms with Gasteiger partial charge in [0.1, 0.15) is 17.2 Å². The molecule has 1 N–H and O–H groups in total. The number of nitrogens with one attached hydrogen (secondary N) is 1. The maximum Gasteiger partial charge on any atom is 0.194 e. The summed E-state index contributed by atoms with van der Waals surface area (Å²) in [6.07, 6.45) is 0. The van der Waals surface area contributed by atoms with Crippen LogP contribution in [0.15, 0.2) is 97.1 Å². The number of rotatable bonds is 0. The van der Waals surface area contributed by atoms with Gasteiger partial charge in [0.25, 0.3) is 0 Å². The third-order valence-corrected chi connectivity index (χ3v) is 6.23. The normalized spacial score (nSPS) is 14.8. The number of hydrogen-bond acceptors (Lipinski definition) is 2. The molecule has 0 saturated carbocycles. The van der Waals surface area contributed by atoms with E-state index in [1.165, 1.54) is 0 Å². The third-order valence-electron chi connectivity index (χ3n) is 6.23. The minimum absolute atomic E-state index is 0.797. The van der Waals surface area contributed by atoms with E-state index in [-0.39, 0.29) is 0 Å². The van der Waals surface area contributed by atoms with Gasteiger partial charge < -0.3 is 14.5 Å². The highest BCUT2D eigenvalue weighted by molar-refractivity contribution is 5.96. The van der Waals surface area contributed by atoms with Gasteiger partial charge in [-0.25, -0.2) is 0 Å². The quantitative estimate of drug-likeness (QED) is 0.324. The first-order valence-corrected chi connectivity index (χ1v) is 10.1. The molecule has 0 unspecified atom stereocenters. The molecule has 2 aliphatic heterocycles. The van der Waals surface area contributed by atoms with Crippen molar-refractivity contribution in [3.05, 3.63) is 114 Å². The average molecular weight is 387 g/mol. The molecule has 0 radical (unpaired) electrons. The molecule has 5 aromatic rings. The van der Waals surface area contributed by atoms with Crippen molar-refractivity contribution in [3.8, 4) is 28.5 Å². The lowest BCUT2D eigenvalue weighted by Gasteiger charge is -2.43. The molecule has 3 heteroatoms. The van der Waals surface area contributed by atoms with Gasteiger partial charge >= 0.3 is 0 Å². The number of H-pyrrole nitrogens is 1. The monoisotopic (exact) mass is 387 g/mol. The van der Waals surface area contributed by atoms with Gasteiger partial charge in [0.05, 0.1) is 5.69 Å². The van der Waals surface area contributed by atoms with Crippen LogP contribution in [0, 0.1) is 0 Å². The summed E-state index contributed by atoms with van der Waals surface area (Å²) in [5.41, 5.74) is 5.66. The van der Waals surface area contributed by atoms with Crippen molar-refractivity contribution in [2.45, 2.75) is 5.60 Å². The highest BCUT2D eigenvalue weighted by Crippen LogP contribution is 2.59. The van der Waals surface area contributed by atoms with Crippen LogP contribution in [0.4, 0.5) is 0 Å². The van der Waals surface area contributed by atoms with Gasteiger partial charge in [-0.1, -0.05) is 66.7 Å². The van der Waals surface area contributed by atoms with Gasteiger partial charge in [0.2, 0.25) is 0 Å². The second kappa shape index (κ2) is 5.55. The maximum atomic E-state index is 7.01. The molecule has 30 heavy (non-hydrogen) atoms. The Bertz CT molecular complexity index is 1420. The van der Waals surface area contributed by atoms with E-state index in [0.717, 1.165) is 56.1 Å². The summed E-state index contributed by atoms with van der Waals surface area (Å²) in [4.78, 5) is 3.68. The largest absolute Gasteiger partial charge is 0.472 e. The summed E-state index contributed by atoms with van der Waals surface area (Å²) in [6, 6.07) is 33.1. The Morgan fingerprint density at radius 3 is 1.97 bits per heavy atom. The van der Waals surface area contributed by atoms with E-state index in [9.17, 15) is 0 Å². The molecular formula is C27H17NO2. The minimum atomic E-state index is -0.797. The Morgan fingerprint density at radius 1 is 0.600 bits per heavy atom. The molecule has 2 aliphatic rings. The van der Waals surface area contributed by atoms with Crippen LogP contribution >= 0.6 is 0 Å². The fourth-order valence-electron chi connectivity index (χ4n) is 5.02. The summed E-state index contributed by atoms with van der Waals surface area (Å²) >= 11 is 0. The number of fused-ring (bicyclic) bond motifs is 10. The lowest BCUT2D eigenvalue weighted by molar-refractivity contribution is 0.139. The van der Waals surface area contributed by atoms with Gasteiger partial charge in [0, 0.05) is 33.2 Å². The molecule has 0 aliphatic carbocycles. The maximum absolute atomic E-state index is 7.01. The van der Waals surface area contributed by atoms with E-state index in [2.05, 4.69) is 65.6 Å². The Balaban J connectivity index is 1.71. The van der Waals surface area contributed by atoms with Crippen molar-refractivity contribution in [3.63, 3.8) is 0 Å². The predicted molar refractivity (Wildman–Crippen MR) is 117 cm³/mol. The second-order valence-electron chi connectivity index (χ2n) is 7.79. The molecule has 0 atom stereocenters. The number of aromatic amines is 1. The zero-order valence-corrected chi connectivity index (χ0v) is 16.1. The Kier molecular flexibility index (Phi) is 2.94. The van der Waals surface area contributed by atoms with E-state index in [1.807, 2.05) is 36.4 Å². The zero-order chi connectivity index (χ0) is 19.7. The third kappa shape index (κ3) is 1.85. The van der Waals surface area contributed by atoms with E-state index in [0.29, 0.717) is 0 Å². The highest BCUT2D eigenvalue weighted by atomic mass is 16.5. The minimum Gasteiger partial charge on any atom is -0.472 e. The van der Waals surface area contributed by atoms with Crippen LogP contribution in [0.25, 0.3) is 22.2 Å². The summed E-state index contributed by atoms with van der Waals surface area (Å²) in [5.74, 6) is 2.52. The van der Waals surface area contributed by atoms with Crippen molar-refractivity contribution >= 4 is 10.9 Å². The number of ether oxygens (including phenoxy) is 2. The summed E-state index contributed by atoms with van der Waals surface area (Å²) in [7, 11) is 0. The molecule has 7 rings (SSSR count). The van der Waals surface area contributed by atoms with Crippen LogP contribution in [-0.2, 0) is 5.60 Å². The molecule has 0 fully saturated rings. The van der Waals surface area contributed by atoms with E-state index in [4.69, 9.17) is 9.47 Å². The lowest BCUT2D eigenvalue weighted by atomic mass is 9.74. The van der Waals surface area contributed by atoms with Crippen LogP contribution in [0.3, 0.4) is 0 Å². The highest BCUT2D eigenvalue weighted by Gasteiger charge is 2.51. The van der Waals surface area contributed by atoms with Crippen molar-refractivity contribution < 1.29 is 9.47 Å². The fraction of sp³-hybridized carbons (Fsp3) is 0.0370. The first kappa shape index (κ1) is 15.9. The molecule has 0 amide bonds. The molecule has 0 bridgehead atoms. The van der Waals surface area contributed by atoms with Crippen LogP contribution in [0.2, 0.25) is 0 Å². The number of benzene rings is 4. The van der Waals surface area contributed by atoms with Crippen molar-refractivity contribution in [2.75, 3.05) is 0 Å². The number of aromatic nitrogens is 1. The molecule has 142 valence electrons. The first-order chi connectivity index (χ1) is 14.9. The smallest absolute Gasteiger partial charge is 0.194 e. The summed E-state index contributed by atoms with van der Waals surface area (Å²) in [6.45, 7) is 0. The standard InChI is InChI=1S/C27H17NO2/c1-5-13-21-17(9-1)25-26(28-21)18-10-2-6-14-22(18)30-27(25)19-11-3-7-15-23(19)29-24-16-8-4-12-20(24)27/h1-16,28H. The van der Waals surface area contributed by atoms with E-state index in [1.54, 1.807) is 0 Å². The van der Waals surface area contributed by atoms with Crippen molar-refractivity contribution in [1.82, 2.24) is 4.98 Å². The van der Waals surface area contributed by atoms with Gasteiger partial charge in [-0.3, -0.25) is 0 Å². The Morgan fingerprint density at radius 2 is 1.20 bits per heavy atom. The molecule has 3 heterocycles. The molecule has 4 aromatic carbocycles. The first-order valence-electron chi connectivity index (χ1n) is 10.1. The van der Waals surface area contributed by atoms with Crippen molar-refractivity contribution in [2.24, 2.45) is 0 Å². The van der Waals surface area contributed by atoms with Crippen LogP contribution in [0.1, 0.15) is 16.7 Å². The number of para-hydroxylation sites is 4. The van der Waals surface area contributed by atoms with E-state index >= 15 is 0 Å². The predicted octanol–water partition coefficient (Wildman–Crippen LogP) is 6.62. The molecule has 1 aromatic heterocycles. The SMILES string of the molecule is c1ccc2c(c1)OC1(c3ccccc3Oc3ccccc31)c1c-2[nH]c2ccccc12. The lowest BCUT2D eigenvalue weighted by Crippen LogP contribution is -2.40. The number of hydrogen-bond donors (Lipinski definition) is 1. The van der Waals surface area contributed by atoms with Gasteiger partial charge in [-0.05, 0) is 30.3 Å². The van der Waals surface area contributed by atoms with Crippen LogP contribution < -0.4 is 9.47 Å². The van der Waals surface area contributed by atoms with Crippen LogP contribution in [0.5, 0.6) is 17.2 Å². The fourth-order valence-corrected chi connectivity index (χ4v) is 5.02. The Labute approximate surface area is 173 Å². The second-order valence-corrected chi connectivity index (χ2v) is 7.79. The topological polar surface area (TPSA) is 34.2 Å². The van der Waals surface area contributed by atoms with Crippen LogP contribution in [-0.4, -0.2) is 4.98 Å². The molecule has 1 spiro atoms. The summed E-state index contributed by atoms with van der Waals surface area (Å²) in [5, 5.41) is 1.16. The Hall–Kier alpha value is -3.98. The molecule has 3 nitrogen and oxygen atoms in total. The average Bonchev–Trinajstić information content (AvgIpc) is 3.20. The molecule has 0 saturated heterocycles. The van der Waals surface area contributed by atoms with Crippen molar-refractivity contribution in [1.29, 1.82) is 0 Å². The molecular weight excluding hydrogens is 370 g/mol. The van der Waals surface area contributed by atoms with Gasteiger partial charge in [-0.15, -0.1) is 0 Å².